The first kappa shape index (κ1) is 10.6. The van der Waals surface area contributed by atoms with E-state index in [2.05, 4.69) is 16.0 Å². The molecule has 4 nitrogen and oxygen atoms in total. The number of ether oxygens (including phenoxy) is 2. The molecule has 0 spiro atoms. The maximum atomic E-state index is 5.45. The molecule has 0 unspecified atom stereocenters. The molecular formula is C15H12N2O2. The van der Waals surface area contributed by atoms with Crippen molar-refractivity contribution in [2.24, 2.45) is 4.99 Å². The molecular weight excluding hydrogens is 240 g/mol. The van der Waals surface area contributed by atoms with Crippen molar-refractivity contribution in [3.63, 3.8) is 0 Å². The summed E-state index contributed by atoms with van der Waals surface area (Å²) in [6, 6.07) is 9.96. The molecule has 0 fully saturated rings. The third kappa shape index (κ3) is 1.68. The van der Waals surface area contributed by atoms with Gasteiger partial charge < -0.3 is 9.47 Å². The van der Waals surface area contributed by atoms with Crippen LogP contribution >= 0.6 is 0 Å². The van der Waals surface area contributed by atoms with E-state index in [-0.39, 0.29) is 0 Å². The highest BCUT2D eigenvalue weighted by Gasteiger charge is 2.22. The van der Waals surface area contributed by atoms with Crippen LogP contribution in [0.4, 0.5) is 0 Å². The zero-order chi connectivity index (χ0) is 12.7. The fourth-order valence-electron chi connectivity index (χ4n) is 2.51. The van der Waals surface area contributed by atoms with Crippen molar-refractivity contribution in [1.29, 1.82) is 0 Å². The standard InChI is InChI=1S/C15H12N2O2/c1-2-5-16-12(3-1)15-11-8-14-13(18-9-19-14)7-10(11)4-6-17-15/h1-3,5,7-8H,4,6,9H2. The molecule has 0 amide bonds. The van der Waals surface area contributed by atoms with Crippen LogP contribution in [0.3, 0.4) is 0 Å². The zero-order valence-electron chi connectivity index (χ0n) is 10.3. The van der Waals surface area contributed by atoms with Crippen LogP contribution < -0.4 is 9.47 Å². The lowest BCUT2D eigenvalue weighted by molar-refractivity contribution is 0.174. The Hall–Kier alpha value is -2.36. The predicted octanol–water partition coefficient (Wildman–Crippen LogP) is 2.20. The fraction of sp³-hybridized carbons (Fsp3) is 0.200. The number of benzene rings is 1. The number of hydrogen-bond donors (Lipinski definition) is 0. The summed E-state index contributed by atoms with van der Waals surface area (Å²) in [5, 5.41) is 0. The Morgan fingerprint density at radius 2 is 1.95 bits per heavy atom. The molecule has 0 saturated carbocycles. The molecule has 0 aliphatic carbocycles. The summed E-state index contributed by atoms with van der Waals surface area (Å²) in [5.74, 6) is 1.63. The Morgan fingerprint density at radius 3 is 2.79 bits per heavy atom. The molecule has 0 bridgehead atoms. The van der Waals surface area contributed by atoms with E-state index in [1.807, 2.05) is 24.3 Å². The van der Waals surface area contributed by atoms with Crippen LogP contribution in [0, 0.1) is 0 Å². The van der Waals surface area contributed by atoms with Gasteiger partial charge in [0.2, 0.25) is 6.79 Å². The van der Waals surface area contributed by atoms with Crippen LogP contribution in [0.2, 0.25) is 0 Å². The van der Waals surface area contributed by atoms with Gasteiger partial charge in [-0.25, -0.2) is 0 Å². The van der Waals surface area contributed by atoms with E-state index < -0.39 is 0 Å². The minimum Gasteiger partial charge on any atom is -0.454 e. The molecule has 0 saturated heterocycles. The minimum atomic E-state index is 0.300. The largest absolute Gasteiger partial charge is 0.454 e. The zero-order valence-corrected chi connectivity index (χ0v) is 10.3. The van der Waals surface area contributed by atoms with Gasteiger partial charge in [-0.3, -0.25) is 9.98 Å². The number of fused-ring (bicyclic) bond motifs is 2. The van der Waals surface area contributed by atoms with E-state index in [1.165, 1.54) is 5.56 Å². The molecule has 2 aliphatic heterocycles. The Labute approximate surface area is 110 Å². The molecule has 2 aliphatic rings. The van der Waals surface area contributed by atoms with Crippen molar-refractivity contribution in [3.05, 3.63) is 53.3 Å². The minimum absolute atomic E-state index is 0.300. The van der Waals surface area contributed by atoms with Gasteiger partial charge in [-0.1, -0.05) is 6.07 Å². The highest BCUT2D eigenvalue weighted by atomic mass is 16.7. The van der Waals surface area contributed by atoms with Crippen molar-refractivity contribution in [3.8, 4) is 11.5 Å². The van der Waals surface area contributed by atoms with Crippen LogP contribution in [-0.2, 0) is 6.42 Å². The summed E-state index contributed by atoms with van der Waals surface area (Å²) in [4.78, 5) is 9.02. The Balaban J connectivity index is 1.87. The topological polar surface area (TPSA) is 43.7 Å². The second-order valence-corrected chi connectivity index (χ2v) is 4.56. The summed E-state index contributed by atoms with van der Waals surface area (Å²) >= 11 is 0. The second-order valence-electron chi connectivity index (χ2n) is 4.56. The van der Waals surface area contributed by atoms with E-state index in [0.717, 1.165) is 41.4 Å². The third-order valence-corrected chi connectivity index (χ3v) is 3.41. The number of nitrogens with zero attached hydrogens (tertiary/aromatic N) is 2. The molecule has 1 aromatic heterocycles. The van der Waals surface area contributed by atoms with Gasteiger partial charge in [-0.15, -0.1) is 0 Å². The number of aromatic nitrogens is 1. The Bertz CT molecular complexity index is 665. The van der Waals surface area contributed by atoms with Crippen molar-refractivity contribution in [2.75, 3.05) is 13.3 Å². The van der Waals surface area contributed by atoms with Crippen molar-refractivity contribution < 1.29 is 9.47 Å². The highest BCUT2D eigenvalue weighted by Crippen LogP contribution is 2.36. The molecule has 94 valence electrons. The van der Waals surface area contributed by atoms with Gasteiger partial charge in [0.05, 0.1) is 11.4 Å². The monoisotopic (exact) mass is 252 g/mol. The molecule has 2 aromatic rings. The number of rotatable bonds is 1. The van der Waals surface area contributed by atoms with Crippen LogP contribution in [0.5, 0.6) is 11.5 Å². The molecule has 3 heterocycles. The van der Waals surface area contributed by atoms with Gasteiger partial charge in [-0.2, -0.15) is 0 Å². The quantitative estimate of drug-likeness (QED) is 0.781. The normalized spacial score (nSPS) is 15.9. The van der Waals surface area contributed by atoms with E-state index >= 15 is 0 Å². The summed E-state index contributed by atoms with van der Waals surface area (Å²) < 4.78 is 10.9. The van der Waals surface area contributed by atoms with Gasteiger partial charge in [0.15, 0.2) is 11.5 Å². The summed E-state index contributed by atoms with van der Waals surface area (Å²) in [6.45, 7) is 1.09. The number of pyridine rings is 1. The first-order valence-electron chi connectivity index (χ1n) is 6.30. The Morgan fingerprint density at radius 1 is 1.05 bits per heavy atom. The van der Waals surface area contributed by atoms with Gasteiger partial charge in [0.25, 0.3) is 0 Å². The van der Waals surface area contributed by atoms with Crippen LogP contribution in [0.25, 0.3) is 0 Å². The van der Waals surface area contributed by atoms with Crippen molar-refractivity contribution in [1.82, 2.24) is 4.98 Å². The predicted molar refractivity (Wildman–Crippen MR) is 71.0 cm³/mol. The maximum Gasteiger partial charge on any atom is 0.231 e. The average molecular weight is 252 g/mol. The van der Waals surface area contributed by atoms with Crippen LogP contribution in [-0.4, -0.2) is 24.0 Å². The summed E-state index contributed by atoms with van der Waals surface area (Å²) in [7, 11) is 0. The van der Waals surface area contributed by atoms with Crippen molar-refractivity contribution >= 4 is 5.71 Å². The van der Waals surface area contributed by atoms with E-state index in [4.69, 9.17) is 9.47 Å². The van der Waals surface area contributed by atoms with E-state index in [0.29, 0.717) is 6.79 Å². The SMILES string of the molecule is c1ccc(C2=NCCc3cc4c(cc32)OCO4)nc1. The second kappa shape index (κ2) is 4.09. The fourth-order valence-corrected chi connectivity index (χ4v) is 2.51. The average Bonchev–Trinajstić information content (AvgIpc) is 2.92. The lowest BCUT2D eigenvalue weighted by Crippen LogP contribution is -2.15. The number of aliphatic imine (C=N–C) groups is 1. The first-order valence-corrected chi connectivity index (χ1v) is 6.30. The van der Waals surface area contributed by atoms with Gasteiger partial charge in [0, 0.05) is 18.3 Å². The lowest BCUT2D eigenvalue weighted by atomic mass is 9.95. The Kier molecular flexibility index (Phi) is 2.27. The lowest BCUT2D eigenvalue weighted by Gasteiger charge is -2.17. The first-order chi connectivity index (χ1) is 9.42. The summed E-state index contributed by atoms with van der Waals surface area (Å²) in [6.07, 6.45) is 2.72. The molecule has 4 rings (SSSR count). The number of hydrogen-bond acceptors (Lipinski definition) is 4. The molecule has 19 heavy (non-hydrogen) atoms. The van der Waals surface area contributed by atoms with Gasteiger partial charge in [0.1, 0.15) is 0 Å². The van der Waals surface area contributed by atoms with E-state index in [9.17, 15) is 0 Å². The third-order valence-electron chi connectivity index (χ3n) is 3.41. The molecule has 0 N–H and O–H groups in total. The summed E-state index contributed by atoms with van der Waals surface area (Å²) in [5.41, 5.74) is 4.21. The molecule has 4 heteroatoms. The van der Waals surface area contributed by atoms with Crippen LogP contribution in [0.1, 0.15) is 16.8 Å². The molecule has 0 radical (unpaired) electrons. The maximum absolute atomic E-state index is 5.45. The smallest absolute Gasteiger partial charge is 0.231 e. The van der Waals surface area contributed by atoms with Crippen molar-refractivity contribution in [2.45, 2.75) is 6.42 Å². The van der Waals surface area contributed by atoms with Crippen LogP contribution in [0.15, 0.2) is 41.5 Å². The highest BCUT2D eigenvalue weighted by molar-refractivity contribution is 6.13. The van der Waals surface area contributed by atoms with Gasteiger partial charge in [-0.05, 0) is 36.2 Å². The van der Waals surface area contributed by atoms with Gasteiger partial charge >= 0.3 is 0 Å². The molecule has 0 atom stereocenters. The molecule has 1 aromatic carbocycles. The van der Waals surface area contributed by atoms with E-state index in [1.54, 1.807) is 6.20 Å².